The second kappa shape index (κ2) is 7.98. The fraction of sp³-hybridized carbons (Fsp3) is 0.533. The molecule has 1 heterocycles. The first-order chi connectivity index (χ1) is 11.8. The van der Waals surface area contributed by atoms with Crippen LogP contribution in [0.2, 0.25) is 0 Å². The van der Waals surface area contributed by atoms with Crippen LogP contribution in [0.15, 0.2) is 17.0 Å². The van der Waals surface area contributed by atoms with Crippen LogP contribution in [-0.4, -0.2) is 77.6 Å². The Balaban J connectivity index is 2.20. The third-order valence-electron chi connectivity index (χ3n) is 3.97. The van der Waals surface area contributed by atoms with E-state index in [4.69, 9.17) is 9.47 Å². The summed E-state index contributed by atoms with van der Waals surface area (Å²) in [5.41, 5.74) is 0. The van der Waals surface area contributed by atoms with Crippen LogP contribution in [-0.2, 0) is 19.6 Å². The van der Waals surface area contributed by atoms with Gasteiger partial charge < -0.3 is 14.2 Å². The third kappa shape index (κ3) is 4.20. The molecule has 0 aromatic heterocycles. The van der Waals surface area contributed by atoms with Crippen molar-refractivity contribution in [2.45, 2.75) is 4.90 Å². The van der Waals surface area contributed by atoms with Gasteiger partial charge in [0.1, 0.15) is 10.6 Å². The number of esters is 1. The highest BCUT2D eigenvalue weighted by Crippen LogP contribution is 2.33. The zero-order valence-electron chi connectivity index (χ0n) is 14.3. The Hall–Kier alpha value is -1.91. The van der Waals surface area contributed by atoms with Crippen molar-refractivity contribution < 1.29 is 31.8 Å². The summed E-state index contributed by atoms with van der Waals surface area (Å²) in [6, 6.07) is 2.10. The van der Waals surface area contributed by atoms with Crippen LogP contribution in [0.1, 0.15) is 0 Å². The maximum atomic E-state index is 14.0. The zero-order chi connectivity index (χ0) is 18.6. The summed E-state index contributed by atoms with van der Waals surface area (Å²) in [5.74, 6) is -1.25. The molecular weight excluding hydrogens is 355 g/mol. The second-order valence-corrected chi connectivity index (χ2v) is 7.30. The van der Waals surface area contributed by atoms with E-state index in [0.29, 0.717) is 13.1 Å². The second-order valence-electron chi connectivity index (χ2n) is 5.39. The maximum Gasteiger partial charge on any atom is 0.319 e. The predicted octanol–water partition coefficient (Wildman–Crippen LogP) is 0.322. The number of carbonyl (C=O) groups excluding carboxylic acids is 1. The standard InChI is InChI=1S/C15H21FN2O6S/c1-22-12-9-13(23-2)14(8-11(12)16)25(20,21)18-6-4-17(5-7-18)10-15(19)24-3/h8-9H,4-7,10H2,1-3H3. The summed E-state index contributed by atoms with van der Waals surface area (Å²) in [5, 5.41) is 0. The summed E-state index contributed by atoms with van der Waals surface area (Å²) in [6.07, 6.45) is 0. The number of piperazine rings is 1. The molecule has 0 saturated carbocycles. The number of hydrogen-bond acceptors (Lipinski definition) is 7. The molecule has 140 valence electrons. The van der Waals surface area contributed by atoms with E-state index < -0.39 is 15.8 Å². The number of carbonyl (C=O) groups is 1. The van der Waals surface area contributed by atoms with E-state index >= 15 is 0 Å². The van der Waals surface area contributed by atoms with Crippen LogP contribution in [0.5, 0.6) is 11.5 Å². The topological polar surface area (TPSA) is 85.4 Å². The number of benzene rings is 1. The van der Waals surface area contributed by atoms with Crippen LogP contribution in [0.25, 0.3) is 0 Å². The number of sulfonamides is 1. The van der Waals surface area contributed by atoms with E-state index in [1.807, 2.05) is 0 Å². The molecule has 0 bridgehead atoms. The van der Waals surface area contributed by atoms with Gasteiger partial charge in [-0.3, -0.25) is 9.69 Å². The predicted molar refractivity (Wildman–Crippen MR) is 86.7 cm³/mol. The van der Waals surface area contributed by atoms with Gasteiger partial charge in [-0.1, -0.05) is 0 Å². The Labute approximate surface area is 146 Å². The van der Waals surface area contributed by atoms with Gasteiger partial charge in [-0.2, -0.15) is 4.31 Å². The first kappa shape index (κ1) is 19.4. The van der Waals surface area contributed by atoms with Gasteiger partial charge in [0, 0.05) is 38.3 Å². The molecular formula is C15H21FN2O6S. The normalized spacial score (nSPS) is 16.5. The summed E-state index contributed by atoms with van der Waals surface area (Å²) < 4.78 is 55.4. The average Bonchev–Trinajstić information content (AvgIpc) is 2.61. The van der Waals surface area contributed by atoms with E-state index in [9.17, 15) is 17.6 Å². The molecule has 1 aromatic rings. The van der Waals surface area contributed by atoms with Gasteiger partial charge in [0.2, 0.25) is 10.0 Å². The number of halogens is 1. The summed E-state index contributed by atoms with van der Waals surface area (Å²) in [7, 11) is -0.0508. The van der Waals surface area contributed by atoms with Gasteiger partial charge in [0.05, 0.1) is 27.9 Å². The van der Waals surface area contributed by atoms with E-state index in [0.717, 1.165) is 6.07 Å². The molecule has 25 heavy (non-hydrogen) atoms. The summed E-state index contributed by atoms with van der Waals surface area (Å²) >= 11 is 0. The number of nitrogens with zero attached hydrogens (tertiary/aromatic N) is 2. The first-order valence-corrected chi connectivity index (χ1v) is 8.98. The van der Waals surface area contributed by atoms with Crippen LogP contribution < -0.4 is 9.47 Å². The minimum atomic E-state index is -3.94. The van der Waals surface area contributed by atoms with Crippen molar-refractivity contribution in [3.8, 4) is 11.5 Å². The van der Waals surface area contributed by atoms with Crippen molar-refractivity contribution >= 4 is 16.0 Å². The molecule has 0 amide bonds. The van der Waals surface area contributed by atoms with Crippen molar-refractivity contribution in [1.82, 2.24) is 9.21 Å². The average molecular weight is 376 g/mol. The quantitative estimate of drug-likeness (QED) is 0.661. The Kier molecular flexibility index (Phi) is 6.20. The molecule has 0 aliphatic carbocycles. The number of methoxy groups -OCH3 is 3. The van der Waals surface area contributed by atoms with Crippen LogP contribution in [0.4, 0.5) is 4.39 Å². The fourth-order valence-electron chi connectivity index (χ4n) is 2.55. The lowest BCUT2D eigenvalue weighted by atomic mass is 10.3. The lowest BCUT2D eigenvalue weighted by molar-refractivity contribution is -0.142. The molecule has 0 N–H and O–H groups in total. The van der Waals surface area contributed by atoms with Crippen molar-refractivity contribution in [2.75, 3.05) is 54.1 Å². The molecule has 0 unspecified atom stereocenters. The molecule has 1 saturated heterocycles. The van der Waals surface area contributed by atoms with Gasteiger partial charge in [-0.25, -0.2) is 12.8 Å². The Morgan fingerprint density at radius 3 is 2.20 bits per heavy atom. The van der Waals surface area contributed by atoms with Gasteiger partial charge in [0.15, 0.2) is 11.6 Å². The fourth-order valence-corrected chi connectivity index (χ4v) is 4.12. The van der Waals surface area contributed by atoms with Crippen molar-refractivity contribution in [2.24, 2.45) is 0 Å². The smallest absolute Gasteiger partial charge is 0.319 e. The number of ether oxygens (including phenoxy) is 3. The van der Waals surface area contributed by atoms with Crippen molar-refractivity contribution in [3.05, 3.63) is 17.9 Å². The van der Waals surface area contributed by atoms with Crippen molar-refractivity contribution in [1.29, 1.82) is 0 Å². The van der Waals surface area contributed by atoms with Gasteiger partial charge >= 0.3 is 5.97 Å². The van der Waals surface area contributed by atoms with E-state index in [1.54, 1.807) is 4.90 Å². The minimum Gasteiger partial charge on any atom is -0.495 e. The Morgan fingerprint density at radius 2 is 1.68 bits per heavy atom. The molecule has 10 heteroatoms. The Bertz CT molecular complexity index is 732. The molecule has 8 nitrogen and oxygen atoms in total. The molecule has 1 aliphatic rings. The molecule has 0 spiro atoms. The number of hydrogen-bond donors (Lipinski definition) is 0. The molecule has 2 rings (SSSR count). The monoisotopic (exact) mass is 376 g/mol. The SMILES string of the molecule is COC(=O)CN1CCN(S(=O)(=O)c2cc(F)c(OC)cc2OC)CC1. The van der Waals surface area contributed by atoms with Crippen LogP contribution in [0, 0.1) is 5.82 Å². The van der Waals surface area contributed by atoms with Gasteiger partial charge in [-0.15, -0.1) is 0 Å². The third-order valence-corrected chi connectivity index (χ3v) is 5.89. The first-order valence-electron chi connectivity index (χ1n) is 7.54. The highest BCUT2D eigenvalue weighted by molar-refractivity contribution is 7.89. The van der Waals surface area contributed by atoms with E-state index in [1.165, 1.54) is 31.7 Å². The largest absolute Gasteiger partial charge is 0.495 e. The Morgan fingerprint density at radius 1 is 1.08 bits per heavy atom. The van der Waals surface area contributed by atoms with E-state index in [-0.39, 0.29) is 42.0 Å². The molecule has 1 aromatic carbocycles. The lowest BCUT2D eigenvalue weighted by Gasteiger charge is -2.33. The van der Waals surface area contributed by atoms with Gasteiger partial charge in [0.25, 0.3) is 0 Å². The lowest BCUT2D eigenvalue weighted by Crippen LogP contribution is -2.49. The van der Waals surface area contributed by atoms with Crippen LogP contribution >= 0.6 is 0 Å². The highest BCUT2D eigenvalue weighted by Gasteiger charge is 2.32. The molecule has 0 atom stereocenters. The molecule has 1 fully saturated rings. The summed E-state index contributed by atoms with van der Waals surface area (Å²) in [4.78, 5) is 12.8. The number of rotatable bonds is 6. The maximum absolute atomic E-state index is 14.0. The molecule has 0 radical (unpaired) electrons. The van der Waals surface area contributed by atoms with Crippen molar-refractivity contribution in [3.63, 3.8) is 0 Å². The van der Waals surface area contributed by atoms with Gasteiger partial charge in [-0.05, 0) is 0 Å². The van der Waals surface area contributed by atoms with E-state index in [2.05, 4.69) is 4.74 Å². The highest BCUT2D eigenvalue weighted by atomic mass is 32.2. The summed E-state index contributed by atoms with van der Waals surface area (Å²) in [6.45, 7) is 1.20. The molecule has 1 aliphatic heterocycles. The zero-order valence-corrected chi connectivity index (χ0v) is 15.1. The minimum absolute atomic E-state index is 0.00948. The van der Waals surface area contributed by atoms with Crippen LogP contribution in [0.3, 0.4) is 0 Å².